The van der Waals surface area contributed by atoms with Gasteiger partial charge in [0.25, 0.3) is 5.91 Å². The smallest absolute Gasteiger partial charge is 0.307 e. The van der Waals surface area contributed by atoms with E-state index in [0.29, 0.717) is 31.2 Å². The van der Waals surface area contributed by atoms with E-state index in [2.05, 4.69) is 0 Å². The molecule has 0 saturated heterocycles. The van der Waals surface area contributed by atoms with Crippen LogP contribution in [0.25, 0.3) is 0 Å². The average molecular weight is 406 g/mol. The maximum atomic E-state index is 12.6. The minimum Gasteiger partial charge on any atom is -0.493 e. The van der Waals surface area contributed by atoms with Crippen molar-refractivity contribution in [2.75, 3.05) is 40.5 Å². The van der Waals surface area contributed by atoms with E-state index >= 15 is 0 Å². The lowest BCUT2D eigenvalue weighted by Crippen LogP contribution is -2.40. The Labute approximate surface area is 171 Å². The fourth-order valence-electron chi connectivity index (χ4n) is 2.88. The van der Waals surface area contributed by atoms with E-state index in [4.69, 9.17) is 14.2 Å². The molecule has 8 nitrogen and oxygen atoms in total. The van der Waals surface area contributed by atoms with Crippen LogP contribution >= 0.6 is 0 Å². The quantitative estimate of drug-likeness (QED) is 0.493. The van der Waals surface area contributed by atoms with Crippen LogP contribution in [0.1, 0.15) is 32.6 Å². The molecule has 0 aromatic heterocycles. The van der Waals surface area contributed by atoms with Crippen LogP contribution in [-0.4, -0.2) is 74.1 Å². The molecular weight excluding hydrogens is 376 g/mol. The van der Waals surface area contributed by atoms with Crippen LogP contribution < -0.4 is 9.47 Å². The first-order valence-corrected chi connectivity index (χ1v) is 9.91. The predicted octanol–water partition coefficient (Wildman–Crippen LogP) is 1.87. The third-order valence-electron chi connectivity index (χ3n) is 4.68. The van der Waals surface area contributed by atoms with Crippen LogP contribution in [0.15, 0.2) is 24.3 Å². The monoisotopic (exact) mass is 406 g/mol. The van der Waals surface area contributed by atoms with Gasteiger partial charge < -0.3 is 24.0 Å². The minimum absolute atomic E-state index is 0.107. The van der Waals surface area contributed by atoms with Gasteiger partial charge in [-0.1, -0.05) is 12.1 Å². The molecule has 1 aromatic carbocycles. The molecule has 1 aliphatic rings. The Morgan fingerprint density at radius 1 is 1.03 bits per heavy atom. The van der Waals surface area contributed by atoms with E-state index in [1.165, 1.54) is 4.90 Å². The van der Waals surface area contributed by atoms with Gasteiger partial charge in [0.1, 0.15) is 0 Å². The molecule has 0 N–H and O–H groups in total. The average Bonchev–Trinajstić information content (AvgIpc) is 3.56. The molecule has 0 bridgehead atoms. The highest BCUT2D eigenvalue weighted by atomic mass is 16.5. The van der Waals surface area contributed by atoms with Crippen LogP contribution in [0.5, 0.6) is 11.5 Å². The SMILES string of the molecule is CCOC(=O)CCN(C)C(=O)CCN(C(=O)COc1ccccc1OC)C1CC1. The van der Waals surface area contributed by atoms with Crippen LogP contribution in [0, 0.1) is 0 Å². The van der Waals surface area contributed by atoms with E-state index in [-0.39, 0.29) is 43.3 Å². The van der Waals surface area contributed by atoms with Gasteiger partial charge in [-0.25, -0.2) is 0 Å². The summed E-state index contributed by atoms with van der Waals surface area (Å²) in [5.74, 6) is 0.486. The van der Waals surface area contributed by atoms with Crippen LogP contribution in [-0.2, 0) is 19.1 Å². The summed E-state index contributed by atoms with van der Waals surface area (Å²) in [6.07, 6.45) is 2.24. The van der Waals surface area contributed by atoms with E-state index in [1.54, 1.807) is 38.1 Å². The number of esters is 1. The van der Waals surface area contributed by atoms with E-state index < -0.39 is 0 Å². The maximum absolute atomic E-state index is 12.6. The Morgan fingerprint density at radius 2 is 1.72 bits per heavy atom. The van der Waals surface area contributed by atoms with Crippen molar-refractivity contribution in [3.8, 4) is 11.5 Å². The number of nitrogens with zero attached hydrogens (tertiary/aromatic N) is 2. The lowest BCUT2D eigenvalue weighted by molar-refractivity contribution is -0.143. The fourth-order valence-corrected chi connectivity index (χ4v) is 2.88. The van der Waals surface area contributed by atoms with E-state index in [1.807, 2.05) is 12.1 Å². The van der Waals surface area contributed by atoms with Gasteiger partial charge in [0.2, 0.25) is 5.91 Å². The highest BCUT2D eigenvalue weighted by molar-refractivity contribution is 5.81. The van der Waals surface area contributed by atoms with Crippen LogP contribution in [0.2, 0.25) is 0 Å². The number of hydrogen-bond donors (Lipinski definition) is 0. The van der Waals surface area contributed by atoms with Crippen molar-refractivity contribution in [1.82, 2.24) is 9.80 Å². The largest absolute Gasteiger partial charge is 0.493 e. The Balaban J connectivity index is 1.81. The minimum atomic E-state index is -0.324. The molecule has 0 spiro atoms. The second kappa shape index (κ2) is 11.3. The number of carbonyl (C=O) groups is 3. The van der Waals surface area contributed by atoms with Crippen molar-refractivity contribution in [2.24, 2.45) is 0 Å². The summed E-state index contributed by atoms with van der Waals surface area (Å²) in [4.78, 5) is 39.6. The topological polar surface area (TPSA) is 85.4 Å². The molecule has 1 aromatic rings. The summed E-state index contributed by atoms with van der Waals surface area (Å²) in [6.45, 7) is 2.59. The number of benzene rings is 1. The van der Waals surface area contributed by atoms with Gasteiger partial charge in [-0.15, -0.1) is 0 Å². The first kappa shape index (κ1) is 22.5. The second-order valence-corrected chi connectivity index (χ2v) is 6.88. The molecule has 0 aliphatic heterocycles. The van der Waals surface area contributed by atoms with Crippen molar-refractivity contribution in [2.45, 2.75) is 38.6 Å². The zero-order valence-electron chi connectivity index (χ0n) is 17.4. The Morgan fingerprint density at radius 3 is 2.34 bits per heavy atom. The summed E-state index contributed by atoms with van der Waals surface area (Å²) in [5.41, 5.74) is 0. The van der Waals surface area contributed by atoms with Crippen LogP contribution in [0.3, 0.4) is 0 Å². The summed E-state index contributed by atoms with van der Waals surface area (Å²) >= 11 is 0. The van der Waals surface area contributed by atoms with Gasteiger partial charge >= 0.3 is 5.97 Å². The molecule has 1 aliphatic carbocycles. The molecular formula is C21H30N2O6. The zero-order chi connectivity index (χ0) is 21.2. The van der Waals surface area contributed by atoms with Crippen molar-refractivity contribution in [1.29, 1.82) is 0 Å². The fraction of sp³-hybridized carbons (Fsp3) is 0.571. The lowest BCUT2D eigenvalue weighted by Gasteiger charge is -2.24. The highest BCUT2D eigenvalue weighted by Gasteiger charge is 2.33. The van der Waals surface area contributed by atoms with Gasteiger partial charge in [0.05, 0.1) is 20.1 Å². The normalized spacial score (nSPS) is 12.8. The van der Waals surface area contributed by atoms with Crippen molar-refractivity contribution < 1.29 is 28.6 Å². The summed E-state index contributed by atoms with van der Waals surface area (Å²) < 4.78 is 15.7. The van der Waals surface area contributed by atoms with Gasteiger partial charge in [-0.05, 0) is 31.9 Å². The number of carbonyl (C=O) groups excluding carboxylic acids is 3. The Kier molecular flexibility index (Phi) is 8.76. The maximum Gasteiger partial charge on any atom is 0.307 e. The second-order valence-electron chi connectivity index (χ2n) is 6.88. The number of rotatable bonds is 12. The van der Waals surface area contributed by atoms with Crippen molar-refractivity contribution in [3.05, 3.63) is 24.3 Å². The molecule has 1 saturated carbocycles. The van der Waals surface area contributed by atoms with Crippen molar-refractivity contribution in [3.63, 3.8) is 0 Å². The molecule has 8 heteroatoms. The van der Waals surface area contributed by atoms with Gasteiger partial charge in [-0.3, -0.25) is 14.4 Å². The summed E-state index contributed by atoms with van der Waals surface area (Å²) in [7, 11) is 3.19. The molecule has 0 unspecified atom stereocenters. The molecule has 1 fully saturated rings. The van der Waals surface area contributed by atoms with E-state index in [9.17, 15) is 14.4 Å². The standard InChI is InChI=1S/C21H30N2O6/c1-4-28-21(26)12-13-22(2)19(24)11-14-23(16-9-10-16)20(25)15-29-18-8-6-5-7-17(18)27-3/h5-8,16H,4,9-15H2,1-3H3. The molecule has 160 valence electrons. The third-order valence-corrected chi connectivity index (χ3v) is 4.68. The number of hydrogen-bond acceptors (Lipinski definition) is 6. The van der Waals surface area contributed by atoms with E-state index in [0.717, 1.165) is 12.8 Å². The Bertz CT molecular complexity index is 704. The predicted molar refractivity (Wildman–Crippen MR) is 107 cm³/mol. The van der Waals surface area contributed by atoms with Crippen LogP contribution in [0.4, 0.5) is 0 Å². The summed E-state index contributed by atoms with van der Waals surface area (Å²) in [6, 6.07) is 7.32. The number of methoxy groups -OCH3 is 1. The first-order chi connectivity index (χ1) is 14.0. The number of ether oxygens (including phenoxy) is 3. The van der Waals surface area contributed by atoms with Gasteiger partial charge in [0.15, 0.2) is 18.1 Å². The highest BCUT2D eigenvalue weighted by Crippen LogP contribution is 2.28. The first-order valence-electron chi connectivity index (χ1n) is 9.91. The molecule has 0 heterocycles. The number of amides is 2. The zero-order valence-corrected chi connectivity index (χ0v) is 17.4. The van der Waals surface area contributed by atoms with Gasteiger partial charge in [-0.2, -0.15) is 0 Å². The third kappa shape index (κ3) is 7.29. The molecule has 2 rings (SSSR count). The molecule has 29 heavy (non-hydrogen) atoms. The molecule has 0 atom stereocenters. The molecule has 2 amide bonds. The van der Waals surface area contributed by atoms with Crippen molar-refractivity contribution >= 4 is 17.8 Å². The van der Waals surface area contributed by atoms with Gasteiger partial charge in [0, 0.05) is 32.6 Å². The number of para-hydroxylation sites is 2. The summed E-state index contributed by atoms with van der Waals surface area (Å²) in [5, 5.41) is 0. The Hall–Kier alpha value is -2.77. The lowest BCUT2D eigenvalue weighted by atomic mass is 10.3. The molecule has 0 radical (unpaired) electrons.